The highest BCUT2D eigenvalue weighted by atomic mass is 35.5. The molecule has 1 aromatic carbocycles. The van der Waals surface area contributed by atoms with E-state index in [0.29, 0.717) is 11.4 Å². The number of nitrogens with two attached hydrogens (primary N) is 1. The topological polar surface area (TPSA) is 64.2 Å². The number of carbonyl (C=O) groups excluding carboxylic acids is 1. The number of aryl methyl sites for hydroxylation is 1. The molecule has 0 radical (unpaired) electrons. The van der Waals surface area contributed by atoms with E-state index in [1.165, 1.54) is 0 Å². The summed E-state index contributed by atoms with van der Waals surface area (Å²) in [6.07, 6.45) is 2.15. The van der Waals surface area contributed by atoms with Gasteiger partial charge in [-0.25, -0.2) is 4.68 Å². The molecule has 7 heteroatoms. The molecule has 1 aliphatic rings. The molecule has 0 aliphatic carbocycles. The van der Waals surface area contributed by atoms with Gasteiger partial charge in [0.25, 0.3) is 0 Å². The highest BCUT2D eigenvalue weighted by molar-refractivity contribution is 6.30. The molecule has 0 saturated carbocycles. The first kappa shape index (κ1) is 19.8. The van der Waals surface area contributed by atoms with Crippen LogP contribution in [0.15, 0.2) is 24.3 Å². The lowest BCUT2D eigenvalue weighted by Gasteiger charge is -2.30. The summed E-state index contributed by atoms with van der Waals surface area (Å²) in [5.74, 6) is 0.156. The maximum atomic E-state index is 12.6. The Balaban J connectivity index is 0.00000225. The quantitative estimate of drug-likeness (QED) is 0.886. The van der Waals surface area contributed by atoms with Crippen molar-refractivity contribution in [2.24, 2.45) is 5.73 Å². The molecule has 0 spiro atoms. The number of benzene rings is 1. The van der Waals surface area contributed by atoms with E-state index in [1.54, 1.807) is 0 Å². The molecule has 2 N–H and O–H groups in total. The second kappa shape index (κ2) is 8.21. The lowest BCUT2D eigenvalue weighted by atomic mass is 10.0. The first-order chi connectivity index (χ1) is 11.5. The molecule has 0 bridgehead atoms. The zero-order chi connectivity index (χ0) is 17.3. The Morgan fingerprint density at radius 1 is 1.24 bits per heavy atom. The fourth-order valence-electron chi connectivity index (χ4n) is 3.18. The number of amides is 1. The van der Waals surface area contributed by atoms with E-state index in [9.17, 15) is 4.79 Å². The smallest absolute Gasteiger partial charge is 0.227 e. The van der Waals surface area contributed by atoms with Gasteiger partial charge in [0.1, 0.15) is 0 Å². The number of rotatable bonds is 3. The van der Waals surface area contributed by atoms with Crippen molar-refractivity contribution in [3.8, 4) is 5.69 Å². The predicted molar refractivity (Wildman–Crippen MR) is 103 cm³/mol. The lowest BCUT2D eigenvalue weighted by Crippen LogP contribution is -2.43. The van der Waals surface area contributed by atoms with Crippen LogP contribution in [0.25, 0.3) is 5.69 Å². The van der Waals surface area contributed by atoms with Gasteiger partial charge in [0.2, 0.25) is 5.91 Å². The van der Waals surface area contributed by atoms with Gasteiger partial charge in [-0.05, 0) is 51.0 Å². The van der Waals surface area contributed by atoms with E-state index < -0.39 is 0 Å². The monoisotopic (exact) mass is 382 g/mol. The zero-order valence-corrected chi connectivity index (χ0v) is 16.1. The third-order valence-corrected chi connectivity index (χ3v) is 4.98. The van der Waals surface area contributed by atoms with E-state index in [4.69, 9.17) is 17.3 Å². The van der Waals surface area contributed by atoms with Crippen molar-refractivity contribution in [3.63, 3.8) is 0 Å². The number of hydrogen-bond acceptors (Lipinski definition) is 3. The van der Waals surface area contributed by atoms with E-state index in [-0.39, 0.29) is 24.4 Å². The number of halogens is 2. The Morgan fingerprint density at radius 2 is 1.84 bits per heavy atom. The van der Waals surface area contributed by atoms with Crippen LogP contribution in [0.2, 0.25) is 5.02 Å². The number of likely N-dealkylation sites (tertiary alicyclic amines) is 1. The van der Waals surface area contributed by atoms with Crippen LogP contribution in [0.4, 0.5) is 0 Å². The highest BCUT2D eigenvalue weighted by Gasteiger charge is 2.23. The first-order valence-electron chi connectivity index (χ1n) is 8.30. The minimum absolute atomic E-state index is 0. The van der Waals surface area contributed by atoms with E-state index in [2.05, 4.69) is 5.10 Å². The van der Waals surface area contributed by atoms with Gasteiger partial charge in [0.05, 0.1) is 17.8 Å². The fourth-order valence-corrected chi connectivity index (χ4v) is 3.30. The van der Waals surface area contributed by atoms with Crippen molar-refractivity contribution in [1.29, 1.82) is 0 Å². The van der Waals surface area contributed by atoms with Crippen LogP contribution in [0.1, 0.15) is 29.8 Å². The fraction of sp³-hybridized carbons (Fsp3) is 0.444. The van der Waals surface area contributed by atoms with Crippen LogP contribution in [-0.4, -0.2) is 39.7 Å². The van der Waals surface area contributed by atoms with Crippen molar-refractivity contribution in [1.82, 2.24) is 14.7 Å². The van der Waals surface area contributed by atoms with E-state index in [0.717, 1.165) is 48.6 Å². The molecule has 2 aromatic rings. The molecule has 0 atom stereocenters. The van der Waals surface area contributed by atoms with Crippen LogP contribution in [-0.2, 0) is 11.2 Å². The zero-order valence-electron chi connectivity index (χ0n) is 14.5. The minimum Gasteiger partial charge on any atom is -0.342 e. The van der Waals surface area contributed by atoms with Crippen LogP contribution < -0.4 is 5.73 Å². The second-order valence-corrected chi connectivity index (χ2v) is 6.87. The Kier molecular flexibility index (Phi) is 6.49. The van der Waals surface area contributed by atoms with Gasteiger partial charge in [-0.3, -0.25) is 4.79 Å². The summed E-state index contributed by atoms with van der Waals surface area (Å²) in [5.41, 5.74) is 9.76. The summed E-state index contributed by atoms with van der Waals surface area (Å²) < 4.78 is 1.88. The van der Waals surface area contributed by atoms with Gasteiger partial charge in [-0.15, -0.1) is 12.4 Å². The summed E-state index contributed by atoms with van der Waals surface area (Å²) in [7, 11) is 0. The molecule has 3 rings (SSSR count). The van der Waals surface area contributed by atoms with Gasteiger partial charge >= 0.3 is 0 Å². The highest BCUT2D eigenvalue weighted by Crippen LogP contribution is 2.21. The third-order valence-electron chi connectivity index (χ3n) is 4.73. The van der Waals surface area contributed by atoms with Crippen molar-refractivity contribution in [3.05, 3.63) is 46.2 Å². The molecule has 1 aromatic heterocycles. The molecule has 0 unspecified atom stereocenters. The summed E-state index contributed by atoms with van der Waals surface area (Å²) in [4.78, 5) is 14.5. The van der Waals surface area contributed by atoms with Crippen molar-refractivity contribution in [2.45, 2.75) is 39.2 Å². The van der Waals surface area contributed by atoms with Crippen molar-refractivity contribution in [2.75, 3.05) is 13.1 Å². The molecule has 1 amide bonds. The average molecular weight is 383 g/mol. The number of hydrogen-bond donors (Lipinski definition) is 1. The standard InChI is InChI=1S/C18H23ClN4O.ClH/c1-12-17(11-18(24)22-9-7-15(20)8-10-22)13(2)23(21-12)16-5-3-14(19)4-6-16;/h3-6,15H,7-11,20H2,1-2H3;1H. The van der Waals surface area contributed by atoms with E-state index in [1.807, 2.05) is 47.7 Å². The normalized spacial score (nSPS) is 15.1. The summed E-state index contributed by atoms with van der Waals surface area (Å²) in [6, 6.07) is 7.77. The van der Waals surface area contributed by atoms with Crippen LogP contribution >= 0.6 is 24.0 Å². The maximum absolute atomic E-state index is 12.6. The Labute approximate surface area is 159 Å². The van der Waals surface area contributed by atoms with Gasteiger partial charge in [0, 0.05) is 35.4 Å². The van der Waals surface area contributed by atoms with Crippen molar-refractivity contribution < 1.29 is 4.79 Å². The van der Waals surface area contributed by atoms with Gasteiger partial charge in [0.15, 0.2) is 0 Å². The average Bonchev–Trinajstić information content (AvgIpc) is 2.84. The number of aromatic nitrogens is 2. The number of piperidine rings is 1. The third kappa shape index (κ3) is 4.35. The van der Waals surface area contributed by atoms with Crippen LogP contribution in [0.5, 0.6) is 0 Å². The molecule has 1 saturated heterocycles. The summed E-state index contributed by atoms with van der Waals surface area (Å²) >= 11 is 5.95. The van der Waals surface area contributed by atoms with Crippen LogP contribution in [0.3, 0.4) is 0 Å². The molecule has 136 valence electrons. The molecular formula is C18H24Cl2N4O. The van der Waals surface area contributed by atoms with Crippen molar-refractivity contribution >= 4 is 29.9 Å². The largest absolute Gasteiger partial charge is 0.342 e. The van der Waals surface area contributed by atoms with Gasteiger partial charge in [-0.2, -0.15) is 5.10 Å². The lowest BCUT2D eigenvalue weighted by molar-refractivity contribution is -0.131. The Bertz CT molecular complexity index is 734. The maximum Gasteiger partial charge on any atom is 0.227 e. The Morgan fingerprint density at radius 3 is 2.44 bits per heavy atom. The number of carbonyl (C=O) groups is 1. The SMILES string of the molecule is Cc1nn(-c2ccc(Cl)cc2)c(C)c1CC(=O)N1CCC(N)CC1.Cl. The van der Waals surface area contributed by atoms with Gasteiger partial charge in [-0.1, -0.05) is 11.6 Å². The molecule has 2 heterocycles. The van der Waals surface area contributed by atoms with Gasteiger partial charge < -0.3 is 10.6 Å². The first-order valence-corrected chi connectivity index (χ1v) is 8.68. The Hall–Kier alpha value is -1.56. The molecular weight excluding hydrogens is 359 g/mol. The molecule has 25 heavy (non-hydrogen) atoms. The molecule has 5 nitrogen and oxygen atoms in total. The molecule has 1 fully saturated rings. The summed E-state index contributed by atoms with van der Waals surface area (Å²) in [6.45, 7) is 5.46. The van der Waals surface area contributed by atoms with Crippen LogP contribution in [0, 0.1) is 13.8 Å². The molecule has 1 aliphatic heterocycles. The minimum atomic E-state index is 0. The second-order valence-electron chi connectivity index (χ2n) is 6.43. The van der Waals surface area contributed by atoms with E-state index >= 15 is 0 Å². The number of nitrogens with zero attached hydrogens (tertiary/aromatic N) is 3. The predicted octanol–water partition coefficient (Wildman–Crippen LogP) is 3.06. The summed E-state index contributed by atoms with van der Waals surface area (Å²) in [5, 5.41) is 5.30.